The van der Waals surface area contributed by atoms with Crippen molar-refractivity contribution in [2.24, 2.45) is 0 Å². The number of hydrogen-bond donors (Lipinski definition) is 0. The van der Waals surface area contributed by atoms with Crippen LogP contribution in [-0.4, -0.2) is 0 Å². The van der Waals surface area contributed by atoms with Gasteiger partial charge in [-0.3, -0.25) is 0 Å². The second kappa shape index (κ2) is 10.4. The Morgan fingerprint density at radius 1 is 0.378 bits per heavy atom. The predicted molar refractivity (Wildman–Crippen MR) is 190 cm³/mol. The Balaban J connectivity index is 1.49. The molecule has 0 aliphatic heterocycles. The molecule has 1 heteroatoms. The summed E-state index contributed by atoms with van der Waals surface area (Å²) >= 11 is 0. The van der Waals surface area contributed by atoms with Crippen LogP contribution >= 0.6 is 0 Å². The van der Waals surface area contributed by atoms with Gasteiger partial charge in [-0.2, -0.15) is 0 Å². The monoisotopic (exact) mass is 582 g/mol. The van der Waals surface area contributed by atoms with E-state index < -0.39 is 12.1 Å². The SMILES string of the molecule is [2H]c1c([2H])c(-c2ccccc2)c([2H])c(-c2c3ccccc3c(-c3c([2H])c(-c4ccccc4)c4oc5c([2H])c([2H])c([2H])c([2H])c5c4c3[2H])c3ccccc23)c1[2H]. The van der Waals surface area contributed by atoms with E-state index in [-0.39, 0.29) is 87.0 Å². The first-order valence-corrected chi connectivity index (χ1v) is 14.6. The van der Waals surface area contributed by atoms with Crippen molar-refractivity contribution in [3.05, 3.63) is 170 Å². The third kappa shape index (κ3) is 4.17. The van der Waals surface area contributed by atoms with Crippen LogP contribution < -0.4 is 0 Å². The Hall–Kier alpha value is -5.92. The van der Waals surface area contributed by atoms with Gasteiger partial charge in [0.15, 0.2) is 0 Å². The van der Waals surface area contributed by atoms with Crippen LogP contribution in [0.1, 0.15) is 13.7 Å². The van der Waals surface area contributed by atoms with Crippen molar-refractivity contribution in [2.45, 2.75) is 0 Å². The van der Waals surface area contributed by atoms with Gasteiger partial charge in [-0.25, -0.2) is 0 Å². The molecule has 0 N–H and O–H groups in total. The van der Waals surface area contributed by atoms with Crippen LogP contribution in [0, 0.1) is 0 Å². The minimum atomic E-state index is -0.463. The number of furan rings is 1. The normalized spacial score (nSPS) is 14.7. The van der Waals surface area contributed by atoms with E-state index in [1.165, 1.54) is 0 Å². The van der Waals surface area contributed by atoms with Crippen molar-refractivity contribution in [1.82, 2.24) is 0 Å². The Morgan fingerprint density at radius 3 is 1.60 bits per heavy atom. The molecular formula is C44H28O. The van der Waals surface area contributed by atoms with Crippen molar-refractivity contribution >= 4 is 43.5 Å². The van der Waals surface area contributed by atoms with E-state index in [4.69, 9.17) is 12.6 Å². The number of hydrogen-bond acceptors (Lipinski definition) is 1. The van der Waals surface area contributed by atoms with E-state index in [1.807, 2.05) is 84.9 Å². The molecule has 45 heavy (non-hydrogen) atoms. The number of benzene rings is 8. The first-order valence-electron chi connectivity index (χ1n) is 19.6. The molecule has 0 radical (unpaired) electrons. The smallest absolute Gasteiger partial charge is 0.143 e. The van der Waals surface area contributed by atoms with E-state index >= 15 is 0 Å². The summed E-state index contributed by atoms with van der Waals surface area (Å²) in [4.78, 5) is 0. The summed E-state index contributed by atoms with van der Waals surface area (Å²) in [5, 5.41) is 2.63. The Kier molecular flexibility index (Phi) is 4.01. The van der Waals surface area contributed by atoms with Gasteiger partial charge in [0.05, 0.1) is 13.7 Å². The lowest BCUT2D eigenvalue weighted by atomic mass is 9.84. The Labute approximate surface area is 275 Å². The molecule has 1 heterocycles. The number of para-hydroxylation sites is 1. The highest BCUT2D eigenvalue weighted by Gasteiger charge is 2.20. The molecule has 0 aliphatic carbocycles. The van der Waals surface area contributed by atoms with Crippen LogP contribution in [0.25, 0.3) is 88.0 Å². The molecule has 8 aromatic carbocycles. The highest BCUT2D eigenvalue weighted by molar-refractivity contribution is 6.23. The number of fused-ring (bicyclic) bond motifs is 5. The van der Waals surface area contributed by atoms with Gasteiger partial charge in [0, 0.05) is 16.3 Å². The standard InChI is InChI=1S/C44H28O/c1-3-14-29(15-4-1)31-18-13-19-32(26-31)42-35-21-7-9-23-37(35)43(38-24-10-8-22-36(38)42)33-27-39(30-16-5-2-6-17-30)44-40(28-33)34-20-11-12-25-41(34)45-44/h1-28H/i11D,12D,13D,18D,19D,20D,25D,26D,27D,28D. The molecule has 0 bridgehead atoms. The zero-order chi connectivity index (χ0) is 38.4. The van der Waals surface area contributed by atoms with Crippen LogP contribution in [0.2, 0.25) is 0 Å². The first-order chi connectivity index (χ1) is 26.5. The fourth-order valence-electron chi connectivity index (χ4n) is 6.27. The van der Waals surface area contributed by atoms with Crippen molar-refractivity contribution in [2.75, 3.05) is 0 Å². The highest BCUT2D eigenvalue weighted by atomic mass is 16.3. The van der Waals surface area contributed by atoms with E-state index in [0.29, 0.717) is 49.4 Å². The summed E-state index contributed by atoms with van der Waals surface area (Å²) in [6, 6.07) is 30.2. The largest absolute Gasteiger partial charge is 0.455 e. The molecule has 0 saturated heterocycles. The quantitative estimate of drug-likeness (QED) is 0.188. The molecule has 0 saturated carbocycles. The average Bonchev–Trinajstić information content (AvgIpc) is 3.61. The lowest BCUT2D eigenvalue weighted by Gasteiger charge is -2.19. The van der Waals surface area contributed by atoms with Gasteiger partial charge in [-0.15, -0.1) is 0 Å². The first kappa shape index (κ1) is 17.4. The second-order valence-corrected chi connectivity index (χ2v) is 10.8. The summed E-state index contributed by atoms with van der Waals surface area (Å²) in [5.74, 6) is 0. The third-order valence-corrected chi connectivity index (χ3v) is 8.24. The summed E-state index contributed by atoms with van der Waals surface area (Å²) in [5.41, 5.74) is 3.20. The van der Waals surface area contributed by atoms with Crippen molar-refractivity contribution < 1.29 is 18.1 Å². The summed E-state index contributed by atoms with van der Waals surface area (Å²) in [7, 11) is 0. The van der Waals surface area contributed by atoms with Crippen LogP contribution in [0.4, 0.5) is 0 Å². The van der Waals surface area contributed by atoms with Crippen LogP contribution in [0.15, 0.2) is 174 Å². The maximum atomic E-state index is 9.87. The maximum Gasteiger partial charge on any atom is 0.143 e. The zero-order valence-corrected chi connectivity index (χ0v) is 23.8. The average molecular weight is 583 g/mol. The lowest BCUT2D eigenvalue weighted by molar-refractivity contribution is 0.670. The van der Waals surface area contributed by atoms with Crippen LogP contribution in [0.3, 0.4) is 0 Å². The zero-order valence-electron chi connectivity index (χ0n) is 33.8. The van der Waals surface area contributed by atoms with Gasteiger partial charge < -0.3 is 4.42 Å². The molecular weight excluding hydrogens is 544 g/mol. The highest BCUT2D eigenvalue weighted by Crippen LogP contribution is 2.47. The van der Waals surface area contributed by atoms with Crippen LogP contribution in [-0.2, 0) is 0 Å². The van der Waals surface area contributed by atoms with Gasteiger partial charge in [-0.05, 0) is 84.7 Å². The Morgan fingerprint density at radius 2 is 0.933 bits per heavy atom. The predicted octanol–water partition coefficient (Wildman–Crippen LogP) is 12.6. The van der Waals surface area contributed by atoms with Crippen molar-refractivity contribution in [3.63, 3.8) is 0 Å². The molecule has 1 nitrogen and oxygen atoms in total. The second-order valence-electron chi connectivity index (χ2n) is 10.8. The molecule has 0 fully saturated rings. The van der Waals surface area contributed by atoms with E-state index in [2.05, 4.69) is 0 Å². The molecule has 1 aromatic heterocycles. The number of rotatable bonds is 4. The van der Waals surface area contributed by atoms with Crippen molar-refractivity contribution in [3.8, 4) is 44.5 Å². The molecule has 9 aromatic rings. The minimum absolute atomic E-state index is 0.0400. The molecule has 0 unspecified atom stereocenters. The van der Waals surface area contributed by atoms with Gasteiger partial charge in [0.2, 0.25) is 0 Å². The lowest BCUT2D eigenvalue weighted by Crippen LogP contribution is -1.92. The topological polar surface area (TPSA) is 13.1 Å². The molecule has 9 rings (SSSR count). The molecule has 210 valence electrons. The fourth-order valence-corrected chi connectivity index (χ4v) is 6.27. The van der Waals surface area contributed by atoms with E-state index in [1.54, 1.807) is 24.3 Å². The molecule has 0 aliphatic rings. The summed E-state index contributed by atoms with van der Waals surface area (Å²) < 4.78 is 96.8. The van der Waals surface area contributed by atoms with Crippen LogP contribution in [0.5, 0.6) is 0 Å². The molecule has 0 amide bonds. The van der Waals surface area contributed by atoms with Gasteiger partial charge in [-0.1, -0.05) is 145 Å². The minimum Gasteiger partial charge on any atom is -0.455 e. The summed E-state index contributed by atoms with van der Waals surface area (Å²) in [6.45, 7) is 0. The Bertz CT molecular complexity index is 3030. The van der Waals surface area contributed by atoms with Gasteiger partial charge >= 0.3 is 0 Å². The molecule has 0 spiro atoms. The van der Waals surface area contributed by atoms with Crippen molar-refractivity contribution in [1.29, 1.82) is 0 Å². The molecule has 0 atom stereocenters. The van der Waals surface area contributed by atoms with E-state index in [0.717, 1.165) is 0 Å². The van der Waals surface area contributed by atoms with E-state index in [9.17, 15) is 5.48 Å². The summed E-state index contributed by atoms with van der Waals surface area (Å²) in [6.07, 6.45) is 0. The third-order valence-electron chi connectivity index (χ3n) is 8.24. The van der Waals surface area contributed by atoms with Gasteiger partial charge in [0.1, 0.15) is 11.2 Å². The maximum absolute atomic E-state index is 9.87. The fraction of sp³-hybridized carbons (Fsp3) is 0. The van der Waals surface area contributed by atoms with Gasteiger partial charge in [0.25, 0.3) is 0 Å².